The molecule has 2 heterocycles. The second-order valence-electron chi connectivity index (χ2n) is 8.66. The van der Waals surface area contributed by atoms with Gasteiger partial charge in [0.1, 0.15) is 6.54 Å². The highest BCUT2D eigenvalue weighted by molar-refractivity contribution is 7.57. The van der Waals surface area contributed by atoms with Crippen molar-refractivity contribution in [2.45, 2.75) is 12.8 Å². The van der Waals surface area contributed by atoms with Gasteiger partial charge in [-0.2, -0.15) is 4.91 Å². The van der Waals surface area contributed by atoms with Crippen molar-refractivity contribution in [3.05, 3.63) is 70.1 Å². The van der Waals surface area contributed by atoms with Crippen LogP contribution in [0.2, 0.25) is 0 Å². The van der Waals surface area contributed by atoms with Gasteiger partial charge < -0.3 is 14.3 Å². The van der Waals surface area contributed by atoms with Gasteiger partial charge in [-0.15, -0.1) is 5.10 Å². The van der Waals surface area contributed by atoms with Crippen molar-refractivity contribution < 1.29 is 4.74 Å². The third kappa shape index (κ3) is 5.09. The predicted molar refractivity (Wildman–Crippen MR) is 140 cm³/mol. The SMILES string of the molecule is CN1CC(c2ccc(N(C)P(C)C)cc2)=NC(=C2NN=C(C3C=CC=C(CN=O)CC3)O2)C1=N. The number of ether oxygens (including phenoxy) is 1. The Bertz CT molecular complexity index is 1120. The van der Waals surface area contributed by atoms with Crippen LogP contribution < -0.4 is 10.1 Å². The van der Waals surface area contributed by atoms with Crippen molar-refractivity contribution in [3.8, 4) is 0 Å². The third-order valence-corrected chi connectivity index (χ3v) is 7.57. The third-order valence-electron chi connectivity index (χ3n) is 6.14. The standard InChI is InChI=1S/C24H30N7O2P/c1-30-15-20(17-10-12-19(13-11-17)31(2)34(3)4)27-21(22(30)25)24-29-28-23(33-24)18-7-5-6-16(8-9-18)14-26-32/h5-7,10-13,18,25,29H,8-9,14-15H2,1-4H3. The molecule has 1 unspecified atom stereocenters. The van der Waals surface area contributed by atoms with Crippen LogP contribution in [-0.2, 0) is 4.74 Å². The van der Waals surface area contributed by atoms with Crippen molar-refractivity contribution in [2.24, 2.45) is 21.2 Å². The molecule has 0 spiro atoms. The van der Waals surface area contributed by atoms with E-state index in [1.165, 1.54) is 5.69 Å². The number of hydrogen-bond acceptors (Lipinski definition) is 8. The first kappa shape index (κ1) is 23.8. The highest BCUT2D eigenvalue weighted by Crippen LogP contribution is 2.34. The lowest BCUT2D eigenvalue weighted by Gasteiger charge is -2.27. The molecule has 0 amide bonds. The van der Waals surface area contributed by atoms with Crippen LogP contribution in [0.5, 0.6) is 0 Å². The quantitative estimate of drug-likeness (QED) is 0.469. The average molecular weight is 480 g/mol. The van der Waals surface area contributed by atoms with Gasteiger partial charge in [-0.3, -0.25) is 5.41 Å². The molecule has 178 valence electrons. The second kappa shape index (κ2) is 10.3. The Morgan fingerprint density at radius 3 is 2.79 bits per heavy atom. The Morgan fingerprint density at radius 1 is 1.32 bits per heavy atom. The summed E-state index contributed by atoms with van der Waals surface area (Å²) in [5, 5.41) is 15.9. The zero-order valence-electron chi connectivity index (χ0n) is 19.9. The summed E-state index contributed by atoms with van der Waals surface area (Å²) in [6, 6.07) is 8.38. The molecule has 0 fully saturated rings. The summed E-state index contributed by atoms with van der Waals surface area (Å²) < 4.78 is 8.33. The maximum atomic E-state index is 10.6. The number of allylic oxidation sites excluding steroid dienone is 2. The van der Waals surface area contributed by atoms with E-state index in [1.54, 1.807) is 0 Å². The van der Waals surface area contributed by atoms with E-state index in [1.807, 2.05) is 30.2 Å². The summed E-state index contributed by atoms with van der Waals surface area (Å²) in [6.07, 6.45) is 7.38. The minimum atomic E-state index is -0.210. The number of rotatable bonds is 6. The topological polar surface area (TPSA) is 106 Å². The summed E-state index contributed by atoms with van der Waals surface area (Å²) in [7, 11) is 3.77. The number of hydrogen-bond donors (Lipinski definition) is 2. The van der Waals surface area contributed by atoms with Crippen molar-refractivity contribution in [1.82, 2.24) is 10.3 Å². The molecule has 3 aliphatic rings. The number of nitrogens with one attached hydrogen (secondary N) is 2. The summed E-state index contributed by atoms with van der Waals surface area (Å²) in [4.78, 5) is 17.2. The van der Waals surface area contributed by atoms with Crippen LogP contribution in [0.15, 0.2) is 74.9 Å². The summed E-state index contributed by atoms with van der Waals surface area (Å²) in [6.45, 7) is 5.19. The van der Waals surface area contributed by atoms with Crippen molar-refractivity contribution >= 4 is 31.2 Å². The van der Waals surface area contributed by atoms with Gasteiger partial charge in [0.05, 0.1) is 18.2 Å². The summed E-state index contributed by atoms with van der Waals surface area (Å²) in [5.74, 6) is 1.15. The first-order valence-corrected chi connectivity index (χ1v) is 13.4. The zero-order chi connectivity index (χ0) is 24.2. The van der Waals surface area contributed by atoms with Crippen molar-refractivity contribution in [1.29, 1.82) is 5.41 Å². The van der Waals surface area contributed by atoms with Crippen LogP contribution in [0.1, 0.15) is 18.4 Å². The van der Waals surface area contributed by atoms with E-state index in [0.717, 1.165) is 29.7 Å². The van der Waals surface area contributed by atoms with Gasteiger partial charge in [-0.25, -0.2) is 10.4 Å². The van der Waals surface area contributed by atoms with Crippen LogP contribution >= 0.6 is 8.07 Å². The largest absolute Gasteiger partial charge is 0.420 e. The Morgan fingerprint density at radius 2 is 2.09 bits per heavy atom. The number of hydrazone groups is 1. The molecule has 10 heteroatoms. The highest BCUT2D eigenvalue weighted by atomic mass is 31.1. The molecule has 1 aromatic rings. The van der Waals surface area contributed by atoms with Crippen LogP contribution in [0.25, 0.3) is 0 Å². The normalized spacial score (nSPS) is 22.5. The van der Waals surface area contributed by atoms with Crippen molar-refractivity contribution in [2.75, 3.05) is 45.2 Å². The second-order valence-corrected chi connectivity index (χ2v) is 11.0. The molecule has 0 bridgehead atoms. The van der Waals surface area contributed by atoms with Crippen LogP contribution in [0.4, 0.5) is 5.69 Å². The fourth-order valence-electron chi connectivity index (χ4n) is 3.91. The smallest absolute Gasteiger partial charge is 0.245 e. The lowest BCUT2D eigenvalue weighted by Crippen LogP contribution is -2.38. The van der Waals surface area contributed by atoms with E-state index in [9.17, 15) is 4.91 Å². The van der Waals surface area contributed by atoms with E-state index >= 15 is 0 Å². The fourth-order valence-corrected chi connectivity index (χ4v) is 4.50. The van der Waals surface area contributed by atoms with Gasteiger partial charge in [0.2, 0.25) is 11.8 Å². The minimum absolute atomic E-state index is 0.0305. The number of amidine groups is 1. The van der Waals surface area contributed by atoms with Crippen LogP contribution in [-0.4, -0.2) is 62.9 Å². The van der Waals surface area contributed by atoms with Crippen molar-refractivity contribution in [3.63, 3.8) is 0 Å². The Labute approximate surface area is 201 Å². The lowest BCUT2D eigenvalue weighted by molar-refractivity contribution is 0.384. The maximum absolute atomic E-state index is 10.6. The van der Waals surface area contributed by atoms with Gasteiger partial charge in [0.15, 0.2) is 11.5 Å². The number of anilines is 1. The molecule has 1 aromatic carbocycles. The molecule has 9 nitrogen and oxygen atoms in total. The molecule has 0 saturated heterocycles. The molecular weight excluding hydrogens is 449 g/mol. The van der Waals surface area contributed by atoms with E-state index in [2.05, 4.69) is 65.0 Å². The van der Waals surface area contributed by atoms with E-state index in [0.29, 0.717) is 24.0 Å². The molecule has 4 rings (SSSR count). The zero-order valence-corrected chi connectivity index (χ0v) is 20.8. The van der Waals surface area contributed by atoms with E-state index in [4.69, 9.17) is 15.1 Å². The molecular formula is C24H30N7O2P. The molecule has 2 aliphatic heterocycles. The highest BCUT2D eigenvalue weighted by Gasteiger charge is 2.30. The monoisotopic (exact) mass is 479 g/mol. The summed E-state index contributed by atoms with van der Waals surface area (Å²) in [5.41, 5.74) is 7.42. The Kier molecular flexibility index (Phi) is 7.22. The number of nitroso groups, excluding NO2 is 1. The molecule has 34 heavy (non-hydrogen) atoms. The van der Waals surface area contributed by atoms with E-state index in [-0.39, 0.29) is 26.4 Å². The van der Waals surface area contributed by atoms with Crippen LogP contribution in [0, 0.1) is 16.2 Å². The number of nitrogens with zero attached hydrogens (tertiary/aromatic N) is 5. The van der Waals surface area contributed by atoms with Gasteiger partial charge in [0.25, 0.3) is 0 Å². The first-order valence-electron chi connectivity index (χ1n) is 11.2. The fraction of sp³-hybridized carbons (Fsp3) is 0.375. The first-order chi connectivity index (χ1) is 16.4. The maximum Gasteiger partial charge on any atom is 0.245 e. The van der Waals surface area contributed by atoms with Crippen LogP contribution in [0.3, 0.4) is 0 Å². The van der Waals surface area contributed by atoms with E-state index < -0.39 is 0 Å². The van der Waals surface area contributed by atoms with Gasteiger partial charge in [-0.1, -0.05) is 35.5 Å². The van der Waals surface area contributed by atoms with Gasteiger partial charge in [0, 0.05) is 19.8 Å². The number of benzene rings is 1. The average Bonchev–Trinajstić information content (AvgIpc) is 3.20. The number of aliphatic imine (C=N–C) groups is 1. The number of likely N-dealkylation sites (N-methyl/N-ethyl adjacent to an activating group) is 1. The molecule has 1 atom stereocenters. The van der Waals surface area contributed by atoms with Gasteiger partial charge in [-0.05, 0) is 57.5 Å². The molecule has 2 N–H and O–H groups in total. The van der Waals surface area contributed by atoms with Gasteiger partial charge >= 0.3 is 0 Å². The molecule has 1 aliphatic carbocycles. The molecule has 0 radical (unpaired) electrons. The summed E-state index contributed by atoms with van der Waals surface area (Å²) >= 11 is 0. The molecule has 0 aromatic heterocycles. The molecule has 0 saturated carbocycles. The minimum Gasteiger partial charge on any atom is -0.420 e. The predicted octanol–water partition coefficient (Wildman–Crippen LogP) is 4.25. The lowest BCUT2D eigenvalue weighted by atomic mass is 10.0. The Hall–Kier alpha value is -3.32. The Balaban J connectivity index is 1.53.